The number of halogens is 3. The number of alkyl halides is 3. The van der Waals surface area contributed by atoms with Gasteiger partial charge >= 0.3 is 12.1 Å². The Bertz CT molecular complexity index is 1280. The van der Waals surface area contributed by atoms with Gasteiger partial charge in [0.1, 0.15) is 11.5 Å². The molecule has 11 heteroatoms. The van der Waals surface area contributed by atoms with Gasteiger partial charge < -0.3 is 9.52 Å². The molecule has 1 aromatic heterocycles. The molecule has 4 rings (SSSR count). The van der Waals surface area contributed by atoms with Crippen LogP contribution in [0.2, 0.25) is 0 Å². The van der Waals surface area contributed by atoms with E-state index >= 15 is 0 Å². The summed E-state index contributed by atoms with van der Waals surface area (Å²) in [7, 11) is 0. The van der Waals surface area contributed by atoms with Crippen molar-refractivity contribution in [3.8, 4) is 11.3 Å². The zero-order valence-electron chi connectivity index (χ0n) is 16.4. The fraction of sp³-hybridized carbons (Fsp3) is 0.0455. The highest BCUT2D eigenvalue weighted by atomic mass is 32.2. The smallest absolute Gasteiger partial charge is 0.416 e. The van der Waals surface area contributed by atoms with Crippen molar-refractivity contribution in [3.63, 3.8) is 0 Å². The third-order valence-corrected chi connectivity index (χ3v) is 5.88. The van der Waals surface area contributed by atoms with E-state index in [4.69, 9.17) is 16.6 Å². The van der Waals surface area contributed by atoms with Gasteiger partial charge in [0.15, 0.2) is 4.32 Å². The summed E-state index contributed by atoms with van der Waals surface area (Å²) in [5.41, 5.74) is 2.59. The van der Waals surface area contributed by atoms with Gasteiger partial charge in [0.2, 0.25) is 0 Å². The first-order chi connectivity index (χ1) is 15.6. The number of hydrogen-bond acceptors (Lipinski definition) is 6. The monoisotopic (exact) mass is 490 g/mol. The van der Waals surface area contributed by atoms with Crippen LogP contribution in [0.4, 0.5) is 18.9 Å². The minimum Gasteiger partial charge on any atom is -0.478 e. The second-order valence-electron chi connectivity index (χ2n) is 6.76. The van der Waals surface area contributed by atoms with Crippen molar-refractivity contribution in [1.29, 1.82) is 0 Å². The molecule has 2 N–H and O–H groups in total. The number of carboxylic acids is 1. The second kappa shape index (κ2) is 8.75. The fourth-order valence-electron chi connectivity index (χ4n) is 2.99. The SMILES string of the molecule is O=C(O)c1ccccc1NN1C(=O)/C(=C\c2ccc(-c3ccc(C(F)(F)F)cc3)o2)SC1=S. The standard InChI is InChI=1S/C22H13F3N2O4S2/c23-22(24,25)13-7-5-12(6-8-13)17-10-9-14(31-17)11-18-19(28)27(21(32)33-18)26-16-4-2-1-3-15(16)20(29)30/h1-11,26H,(H,29,30)/b18-11+. The number of anilines is 1. The Hall–Kier alpha value is -3.57. The van der Waals surface area contributed by atoms with Gasteiger partial charge in [-0.1, -0.05) is 36.0 Å². The molecule has 1 saturated heterocycles. The molecule has 1 aliphatic heterocycles. The van der Waals surface area contributed by atoms with Gasteiger partial charge in [-0.3, -0.25) is 10.2 Å². The summed E-state index contributed by atoms with van der Waals surface area (Å²) < 4.78 is 44.0. The van der Waals surface area contributed by atoms with Crippen molar-refractivity contribution in [1.82, 2.24) is 5.01 Å². The molecule has 0 bridgehead atoms. The van der Waals surface area contributed by atoms with E-state index in [2.05, 4.69) is 5.43 Å². The predicted octanol–water partition coefficient (Wildman–Crippen LogP) is 5.89. The van der Waals surface area contributed by atoms with Crippen molar-refractivity contribution in [2.75, 3.05) is 5.43 Å². The van der Waals surface area contributed by atoms with E-state index in [0.717, 1.165) is 28.9 Å². The molecule has 0 atom stereocenters. The van der Waals surface area contributed by atoms with Crippen LogP contribution in [0.5, 0.6) is 0 Å². The number of hydrazine groups is 1. The molecule has 0 aliphatic carbocycles. The van der Waals surface area contributed by atoms with Gasteiger partial charge in [-0.15, -0.1) is 0 Å². The summed E-state index contributed by atoms with van der Waals surface area (Å²) in [6, 6.07) is 13.8. The number of amides is 1. The van der Waals surface area contributed by atoms with Crippen LogP contribution in [0.3, 0.4) is 0 Å². The molecule has 2 heterocycles. The molecular weight excluding hydrogens is 477 g/mol. The Morgan fingerprint density at radius 3 is 2.45 bits per heavy atom. The third-order valence-electron chi connectivity index (χ3n) is 4.58. The highest BCUT2D eigenvalue weighted by Crippen LogP contribution is 2.35. The number of carbonyl (C=O) groups is 2. The van der Waals surface area contributed by atoms with Gasteiger partial charge in [0, 0.05) is 11.6 Å². The Labute approximate surface area is 194 Å². The third kappa shape index (κ3) is 4.78. The fourth-order valence-corrected chi connectivity index (χ4v) is 4.15. The first kappa shape index (κ1) is 22.6. The number of thiocarbonyl (C=S) groups is 1. The van der Waals surface area contributed by atoms with Crippen LogP contribution in [-0.2, 0) is 11.0 Å². The van der Waals surface area contributed by atoms with Crippen LogP contribution in [0.25, 0.3) is 17.4 Å². The minimum absolute atomic E-state index is 0.0252. The first-order valence-corrected chi connectivity index (χ1v) is 10.5. The summed E-state index contributed by atoms with van der Waals surface area (Å²) in [4.78, 5) is 24.4. The number of furan rings is 1. The molecule has 3 aromatic rings. The lowest BCUT2D eigenvalue weighted by Crippen LogP contribution is -2.34. The summed E-state index contributed by atoms with van der Waals surface area (Å²) in [5, 5.41) is 10.4. The molecule has 1 amide bonds. The van der Waals surface area contributed by atoms with E-state index in [0.29, 0.717) is 17.1 Å². The number of benzene rings is 2. The summed E-state index contributed by atoms with van der Waals surface area (Å²) in [5.74, 6) is -1.03. The number of thioether (sulfide) groups is 1. The van der Waals surface area contributed by atoms with Gasteiger partial charge in [-0.05, 0) is 48.6 Å². The maximum absolute atomic E-state index is 12.8. The van der Waals surface area contributed by atoms with E-state index in [1.807, 2.05) is 0 Å². The number of nitrogens with one attached hydrogen (secondary N) is 1. The van der Waals surface area contributed by atoms with Crippen LogP contribution in [0, 0.1) is 0 Å². The van der Waals surface area contributed by atoms with Crippen LogP contribution in [-0.4, -0.2) is 26.3 Å². The zero-order valence-corrected chi connectivity index (χ0v) is 18.1. The lowest BCUT2D eigenvalue weighted by molar-refractivity contribution is -0.137. The maximum atomic E-state index is 12.8. The average Bonchev–Trinajstić information content (AvgIpc) is 3.34. The molecule has 1 aliphatic rings. The summed E-state index contributed by atoms with van der Waals surface area (Å²) in [6.45, 7) is 0. The lowest BCUT2D eigenvalue weighted by Gasteiger charge is -2.18. The van der Waals surface area contributed by atoms with E-state index in [1.54, 1.807) is 24.3 Å². The quantitative estimate of drug-likeness (QED) is 0.341. The predicted molar refractivity (Wildman–Crippen MR) is 121 cm³/mol. The summed E-state index contributed by atoms with van der Waals surface area (Å²) in [6.07, 6.45) is -2.97. The lowest BCUT2D eigenvalue weighted by atomic mass is 10.1. The number of carboxylic acid groups (broad SMARTS) is 1. The molecule has 0 saturated carbocycles. The molecule has 6 nitrogen and oxygen atoms in total. The van der Waals surface area contributed by atoms with Gasteiger partial charge in [0.25, 0.3) is 5.91 Å². The van der Waals surface area contributed by atoms with Crippen LogP contribution in [0.15, 0.2) is 70.0 Å². The second-order valence-corrected chi connectivity index (χ2v) is 8.43. The maximum Gasteiger partial charge on any atom is 0.416 e. The number of nitrogens with zero attached hydrogens (tertiary/aromatic N) is 1. The Balaban J connectivity index is 1.53. The topological polar surface area (TPSA) is 82.8 Å². The van der Waals surface area contributed by atoms with E-state index in [1.165, 1.54) is 30.3 Å². The Kier molecular flexibility index (Phi) is 6.00. The minimum atomic E-state index is -4.43. The summed E-state index contributed by atoms with van der Waals surface area (Å²) >= 11 is 6.23. The van der Waals surface area contributed by atoms with Crippen molar-refractivity contribution in [2.24, 2.45) is 0 Å². The van der Waals surface area contributed by atoms with Gasteiger partial charge in [-0.2, -0.15) is 13.2 Å². The van der Waals surface area contributed by atoms with Gasteiger partial charge in [-0.25, -0.2) is 9.80 Å². The average molecular weight is 490 g/mol. The Morgan fingerprint density at radius 2 is 1.79 bits per heavy atom. The van der Waals surface area contributed by atoms with Crippen molar-refractivity contribution in [3.05, 3.63) is 82.5 Å². The molecule has 0 unspecified atom stereocenters. The highest BCUT2D eigenvalue weighted by molar-refractivity contribution is 8.26. The largest absolute Gasteiger partial charge is 0.478 e. The number of aromatic carboxylic acids is 1. The van der Waals surface area contributed by atoms with Crippen LogP contribution in [0.1, 0.15) is 21.7 Å². The highest BCUT2D eigenvalue weighted by Gasteiger charge is 2.33. The van der Waals surface area contributed by atoms with E-state index in [9.17, 15) is 27.9 Å². The van der Waals surface area contributed by atoms with Crippen molar-refractivity contribution < 1.29 is 32.3 Å². The van der Waals surface area contributed by atoms with Gasteiger partial charge in [0.05, 0.1) is 21.7 Å². The van der Waals surface area contributed by atoms with Crippen LogP contribution < -0.4 is 5.43 Å². The zero-order chi connectivity index (χ0) is 23.8. The van der Waals surface area contributed by atoms with Crippen molar-refractivity contribution in [2.45, 2.75) is 6.18 Å². The number of hydrogen-bond donors (Lipinski definition) is 2. The molecule has 2 aromatic carbocycles. The normalized spacial score (nSPS) is 15.4. The molecular formula is C22H13F3N2O4S2. The van der Waals surface area contributed by atoms with E-state index in [-0.39, 0.29) is 20.5 Å². The number of para-hydroxylation sites is 1. The molecule has 33 heavy (non-hydrogen) atoms. The number of rotatable bonds is 5. The van der Waals surface area contributed by atoms with Crippen molar-refractivity contribution >= 4 is 51.9 Å². The molecule has 1 fully saturated rings. The van der Waals surface area contributed by atoms with E-state index < -0.39 is 23.6 Å². The molecule has 0 spiro atoms. The molecule has 168 valence electrons. The van der Waals surface area contributed by atoms with Crippen LogP contribution >= 0.6 is 24.0 Å². The molecule has 0 radical (unpaired) electrons. The first-order valence-electron chi connectivity index (χ1n) is 9.28. The number of carbonyl (C=O) groups excluding carboxylic acids is 1. The Morgan fingerprint density at radius 1 is 1.09 bits per heavy atom.